The third-order valence-corrected chi connectivity index (χ3v) is 5.13. The number of hydrogen-bond acceptors (Lipinski definition) is 5. The number of nitrogens with zero attached hydrogens (tertiary/aromatic N) is 2. The van der Waals surface area contributed by atoms with Crippen molar-refractivity contribution in [2.24, 2.45) is 0 Å². The molecule has 7 heteroatoms. The quantitative estimate of drug-likeness (QED) is 0.493. The number of nitrogens with one attached hydrogen (secondary N) is 2. The average Bonchev–Trinajstić information content (AvgIpc) is 2.69. The van der Waals surface area contributed by atoms with E-state index >= 15 is 0 Å². The van der Waals surface area contributed by atoms with Gasteiger partial charge < -0.3 is 10.3 Å². The molecule has 0 saturated heterocycles. The van der Waals surface area contributed by atoms with E-state index in [1.54, 1.807) is 30.6 Å². The van der Waals surface area contributed by atoms with Gasteiger partial charge >= 0.3 is 0 Å². The number of aromatic amines is 1. The molecule has 0 radical (unpaired) electrons. The van der Waals surface area contributed by atoms with Gasteiger partial charge in [0.15, 0.2) is 5.16 Å². The first-order valence-corrected chi connectivity index (χ1v) is 10.4. The molecule has 6 nitrogen and oxygen atoms in total. The first-order chi connectivity index (χ1) is 13.7. The minimum absolute atomic E-state index is 0.00547. The van der Waals surface area contributed by atoms with E-state index in [2.05, 4.69) is 41.0 Å². The number of benzene rings is 1. The van der Waals surface area contributed by atoms with E-state index in [1.165, 1.54) is 11.8 Å². The molecular weight excluding hydrogens is 384 g/mol. The van der Waals surface area contributed by atoms with E-state index in [0.29, 0.717) is 22.0 Å². The molecule has 150 valence electrons. The predicted molar refractivity (Wildman–Crippen MR) is 118 cm³/mol. The molecule has 2 heterocycles. The Labute approximate surface area is 174 Å². The summed E-state index contributed by atoms with van der Waals surface area (Å²) in [5, 5.41) is 3.35. The summed E-state index contributed by atoms with van der Waals surface area (Å²) < 4.78 is 0. The molecule has 1 amide bonds. The van der Waals surface area contributed by atoms with Gasteiger partial charge in [0.05, 0.1) is 5.69 Å². The molecule has 0 unspecified atom stereocenters. The zero-order valence-electron chi connectivity index (χ0n) is 17.2. The van der Waals surface area contributed by atoms with Gasteiger partial charge in [-0.2, -0.15) is 0 Å². The second-order valence-corrected chi connectivity index (χ2v) is 8.57. The molecule has 0 bridgehead atoms. The smallest absolute Gasteiger partial charge is 0.271 e. The van der Waals surface area contributed by atoms with Crippen LogP contribution in [-0.2, 0) is 5.41 Å². The van der Waals surface area contributed by atoms with Crippen molar-refractivity contribution in [2.45, 2.75) is 38.3 Å². The van der Waals surface area contributed by atoms with Gasteiger partial charge in [0, 0.05) is 23.5 Å². The number of H-pyrrole nitrogens is 1. The summed E-state index contributed by atoms with van der Waals surface area (Å²) >= 11 is 1.44. The van der Waals surface area contributed by atoms with Crippen LogP contribution in [0.3, 0.4) is 0 Å². The van der Waals surface area contributed by atoms with E-state index in [-0.39, 0.29) is 22.6 Å². The molecule has 0 aliphatic heterocycles. The van der Waals surface area contributed by atoms with E-state index in [4.69, 9.17) is 0 Å². The Hall–Kier alpha value is -2.93. The van der Waals surface area contributed by atoms with Crippen LogP contribution in [0.5, 0.6) is 0 Å². The van der Waals surface area contributed by atoms with Crippen molar-refractivity contribution in [3.63, 3.8) is 0 Å². The van der Waals surface area contributed by atoms with Crippen molar-refractivity contribution in [1.82, 2.24) is 15.0 Å². The monoisotopic (exact) mass is 408 g/mol. The maximum Gasteiger partial charge on any atom is 0.271 e. The van der Waals surface area contributed by atoms with Crippen molar-refractivity contribution < 1.29 is 4.79 Å². The molecule has 29 heavy (non-hydrogen) atoms. The summed E-state index contributed by atoms with van der Waals surface area (Å²) in [7, 11) is 0. The highest BCUT2D eigenvalue weighted by Crippen LogP contribution is 2.24. The van der Waals surface area contributed by atoms with Crippen LogP contribution in [-0.4, -0.2) is 27.1 Å². The summed E-state index contributed by atoms with van der Waals surface area (Å²) in [5.74, 6) is -0.336. The Morgan fingerprint density at radius 3 is 2.48 bits per heavy atom. The molecule has 0 atom stereocenters. The number of carbonyl (C=O) groups is 1. The van der Waals surface area contributed by atoms with E-state index < -0.39 is 0 Å². The van der Waals surface area contributed by atoms with Gasteiger partial charge in [-0.05, 0) is 47.9 Å². The van der Waals surface area contributed by atoms with E-state index in [9.17, 15) is 9.59 Å². The average molecular weight is 409 g/mol. The van der Waals surface area contributed by atoms with E-state index in [0.717, 1.165) is 11.1 Å². The second kappa shape index (κ2) is 8.21. The molecule has 0 saturated carbocycles. The lowest BCUT2D eigenvalue weighted by Crippen LogP contribution is -2.20. The first-order valence-electron chi connectivity index (χ1n) is 9.21. The van der Waals surface area contributed by atoms with Gasteiger partial charge in [0.2, 0.25) is 0 Å². The molecule has 0 spiro atoms. The highest BCUT2D eigenvalue weighted by atomic mass is 32.2. The van der Waals surface area contributed by atoms with Crippen LogP contribution in [0.1, 0.15) is 42.3 Å². The summed E-state index contributed by atoms with van der Waals surface area (Å²) in [4.78, 5) is 36.3. The largest absolute Gasteiger partial charge is 0.327 e. The number of thioether (sulfide) groups is 1. The summed E-state index contributed by atoms with van der Waals surface area (Å²) in [6.45, 7) is 8.25. The van der Waals surface area contributed by atoms with Crippen LogP contribution in [0.2, 0.25) is 0 Å². The summed E-state index contributed by atoms with van der Waals surface area (Å²) in [5.41, 5.74) is 3.74. The first kappa shape index (κ1) is 20.8. The zero-order chi connectivity index (χ0) is 21.2. The molecular formula is C22H24N4O2S. The lowest BCUT2D eigenvalue weighted by atomic mass is 9.87. The fourth-order valence-electron chi connectivity index (χ4n) is 2.85. The Bertz CT molecular complexity index is 1100. The maximum absolute atomic E-state index is 12.6. The van der Waals surface area contributed by atoms with Crippen molar-refractivity contribution in [3.8, 4) is 11.3 Å². The molecule has 3 rings (SSSR count). The number of carbonyl (C=O) groups excluding carboxylic acids is 1. The lowest BCUT2D eigenvalue weighted by molar-refractivity contribution is 0.102. The molecule has 0 aliphatic rings. The van der Waals surface area contributed by atoms with Crippen LogP contribution < -0.4 is 10.9 Å². The number of aryl methyl sites for hydroxylation is 1. The minimum atomic E-state index is -0.370. The summed E-state index contributed by atoms with van der Waals surface area (Å²) in [6, 6.07) is 9.05. The van der Waals surface area contributed by atoms with Crippen LogP contribution >= 0.6 is 11.8 Å². The van der Waals surface area contributed by atoms with Crippen LogP contribution in [0.4, 0.5) is 5.69 Å². The number of hydrogen-bond donors (Lipinski definition) is 2. The maximum atomic E-state index is 12.6. The second-order valence-electron chi connectivity index (χ2n) is 7.80. The van der Waals surface area contributed by atoms with Crippen molar-refractivity contribution in [2.75, 3.05) is 11.6 Å². The third kappa shape index (κ3) is 4.74. The minimum Gasteiger partial charge on any atom is -0.327 e. The lowest BCUT2D eigenvalue weighted by Gasteiger charge is -2.19. The van der Waals surface area contributed by atoms with Crippen molar-refractivity contribution >= 4 is 23.4 Å². The normalized spacial score (nSPS) is 11.3. The Morgan fingerprint density at radius 1 is 1.17 bits per heavy atom. The van der Waals surface area contributed by atoms with Crippen molar-refractivity contribution in [3.05, 3.63) is 69.8 Å². The fourth-order valence-corrected chi connectivity index (χ4v) is 3.19. The highest BCUT2D eigenvalue weighted by molar-refractivity contribution is 7.98. The van der Waals surface area contributed by atoms with Crippen LogP contribution in [0.25, 0.3) is 11.3 Å². The van der Waals surface area contributed by atoms with E-state index in [1.807, 2.05) is 25.3 Å². The number of rotatable bonds is 4. The topological polar surface area (TPSA) is 87.7 Å². The molecule has 3 aromatic rings. The van der Waals surface area contributed by atoms with Gasteiger partial charge in [-0.25, -0.2) is 9.97 Å². The number of pyridine rings is 1. The zero-order valence-corrected chi connectivity index (χ0v) is 18.0. The fraction of sp³-hybridized carbons (Fsp3) is 0.273. The molecule has 2 aromatic heterocycles. The number of aromatic nitrogens is 3. The molecule has 2 N–H and O–H groups in total. The molecule has 1 aromatic carbocycles. The molecule has 0 aliphatic carbocycles. The standard InChI is InChI=1S/C22H24N4O2S/c1-13-11-24-21(29-5)26-18(13)15-10-17(20(28)23-12-15)25-19(27)14-6-8-16(9-7-14)22(2,3)4/h6-12H,1-5H3,(H,23,28)(H,25,27). The number of anilines is 1. The van der Waals surface area contributed by atoms with Crippen molar-refractivity contribution in [1.29, 1.82) is 0 Å². The predicted octanol–water partition coefficient (Wildman–Crippen LogP) is 4.41. The van der Waals surface area contributed by atoms with Crippen LogP contribution in [0.15, 0.2) is 52.7 Å². The Balaban J connectivity index is 1.89. The van der Waals surface area contributed by atoms with Crippen LogP contribution in [0, 0.1) is 6.92 Å². The van der Waals surface area contributed by atoms with Gasteiger partial charge in [0.25, 0.3) is 11.5 Å². The highest BCUT2D eigenvalue weighted by Gasteiger charge is 2.16. The third-order valence-electron chi connectivity index (χ3n) is 4.57. The van der Waals surface area contributed by atoms with Gasteiger partial charge in [0.1, 0.15) is 5.69 Å². The number of amides is 1. The van der Waals surface area contributed by atoms with Gasteiger partial charge in [-0.3, -0.25) is 9.59 Å². The SMILES string of the molecule is CSc1ncc(C)c(-c2c[nH]c(=O)c(NC(=O)c3ccc(C(C)(C)C)cc3)c2)n1. The van der Waals surface area contributed by atoms with Gasteiger partial charge in [-0.1, -0.05) is 44.7 Å². The summed E-state index contributed by atoms with van der Waals surface area (Å²) in [6.07, 6.45) is 5.24. The molecule has 0 fully saturated rings. The van der Waals surface area contributed by atoms with Gasteiger partial charge in [-0.15, -0.1) is 0 Å². The Morgan fingerprint density at radius 2 is 1.86 bits per heavy atom. The Kier molecular flexibility index (Phi) is 5.88.